The number of methoxy groups -OCH3 is 1. The number of benzene rings is 1. The summed E-state index contributed by atoms with van der Waals surface area (Å²) in [5.41, 5.74) is 0.896. The molecule has 0 saturated carbocycles. The summed E-state index contributed by atoms with van der Waals surface area (Å²) < 4.78 is 5.18. The number of ether oxygens (including phenoxy) is 1. The van der Waals surface area contributed by atoms with E-state index in [0.717, 1.165) is 11.3 Å². The zero-order valence-corrected chi connectivity index (χ0v) is 14.7. The number of amides is 2. The Bertz CT molecular complexity index is 563. The smallest absolute Gasteiger partial charge is 0.243 e. The van der Waals surface area contributed by atoms with E-state index >= 15 is 0 Å². The van der Waals surface area contributed by atoms with Crippen LogP contribution in [0.2, 0.25) is 0 Å². The normalized spacial score (nSPS) is 17.4. The minimum atomic E-state index is -0.364. The fourth-order valence-corrected chi connectivity index (χ4v) is 3.57. The number of nitrogens with zero attached hydrogens (tertiary/aromatic N) is 1. The third-order valence-electron chi connectivity index (χ3n) is 3.68. The Morgan fingerprint density at radius 3 is 2.91 bits per heavy atom. The molecule has 2 rings (SSSR count). The summed E-state index contributed by atoms with van der Waals surface area (Å²) in [6.07, 6.45) is 0.283. The van der Waals surface area contributed by atoms with Gasteiger partial charge in [-0.25, -0.2) is 0 Å². The Kier molecular flexibility index (Phi) is 6.33. The molecule has 0 bridgehead atoms. The highest BCUT2D eigenvalue weighted by molar-refractivity contribution is 7.99. The molecule has 6 heteroatoms. The van der Waals surface area contributed by atoms with Gasteiger partial charge in [0.2, 0.25) is 11.8 Å². The van der Waals surface area contributed by atoms with Crippen molar-refractivity contribution in [2.75, 3.05) is 25.3 Å². The fraction of sp³-hybridized carbons (Fsp3) is 0.529. The first-order valence-electron chi connectivity index (χ1n) is 7.79. The standard InChI is InChI=1S/C17H24N2O3S/c1-12(2)9-18-17(21)15-10-23-11-19(15)16(20)8-13-5-4-6-14(7-13)22-3/h4-7,12,15H,8-11H2,1-3H3,(H,18,21)/t15-/m1/s1. The minimum absolute atomic E-state index is 0.0204. The first-order chi connectivity index (χ1) is 11.0. The Hall–Kier alpha value is -1.69. The Labute approximate surface area is 141 Å². The second-order valence-electron chi connectivity index (χ2n) is 6.05. The van der Waals surface area contributed by atoms with Crippen molar-refractivity contribution in [2.24, 2.45) is 5.92 Å². The second kappa shape index (κ2) is 8.24. The van der Waals surface area contributed by atoms with Crippen LogP contribution in [0.15, 0.2) is 24.3 Å². The van der Waals surface area contributed by atoms with E-state index in [1.807, 2.05) is 24.3 Å². The van der Waals surface area contributed by atoms with E-state index in [1.165, 1.54) is 0 Å². The van der Waals surface area contributed by atoms with Gasteiger partial charge in [-0.3, -0.25) is 9.59 Å². The van der Waals surface area contributed by atoms with Crippen molar-refractivity contribution in [3.63, 3.8) is 0 Å². The van der Waals surface area contributed by atoms with Gasteiger partial charge in [0.25, 0.3) is 0 Å². The average molecular weight is 336 g/mol. The second-order valence-corrected chi connectivity index (χ2v) is 7.05. The van der Waals surface area contributed by atoms with E-state index in [2.05, 4.69) is 19.2 Å². The van der Waals surface area contributed by atoms with Crippen LogP contribution in [-0.2, 0) is 16.0 Å². The lowest BCUT2D eigenvalue weighted by Crippen LogP contribution is -2.48. The number of thioether (sulfide) groups is 1. The molecule has 1 atom stereocenters. The summed E-state index contributed by atoms with van der Waals surface area (Å²) in [5, 5.41) is 2.92. The maximum Gasteiger partial charge on any atom is 0.243 e. The van der Waals surface area contributed by atoms with Crippen molar-refractivity contribution in [1.82, 2.24) is 10.2 Å². The number of carbonyl (C=O) groups excluding carboxylic acids is 2. The van der Waals surface area contributed by atoms with Crippen molar-refractivity contribution < 1.29 is 14.3 Å². The van der Waals surface area contributed by atoms with E-state index in [4.69, 9.17) is 4.74 Å². The van der Waals surface area contributed by atoms with Gasteiger partial charge in [0.1, 0.15) is 11.8 Å². The van der Waals surface area contributed by atoms with Gasteiger partial charge in [-0.1, -0.05) is 26.0 Å². The summed E-state index contributed by atoms with van der Waals surface area (Å²) in [7, 11) is 1.60. The first-order valence-corrected chi connectivity index (χ1v) is 8.94. The molecule has 1 fully saturated rings. The number of hydrogen-bond donors (Lipinski definition) is 1. The zero-order valence-electron chi connectivity index (χ0n) is 13.9. The van der Waals surface area contributed by atoms with Crippen LogP contribution in [0.25, 0.3) is 0 Å². The third-order valence-corrected chi connectivity index (χ3v) is 4.69. The first kappa shape index (κ1) is 17.7. The van der Waals surface area contributed by atoms with E-state index < -0.39 is 0 Å². The SMILES string of the molecule is COc1cccc(CC(=O)N2CSC[C@@H]2C(=O)NCC(C)C)c1. The van der Waals surface area contributed by atoms with Gasteiger partial charge >= 0.3 is 0 Å². The molecule has 1 N–H and O–H groups in total. The third kappa shape index (κ3) is 4.89. The number of hydrogen-bond acceptors (Lipinski definition) is 4. The molecule has 1 aromatic rings. The Morgan fingerprint density at radius 1 is 1.43 bits per heavy atom. The maximum atomic E-state index is 12.6. The van der Waals surface area contributed by atoms with Gasteiger partial charge in [-0.05, 0) is 23.6 Å². The predicted molar refractivity (Wildman–Crippen MR) is 92.5 cm³/mol. The molecule has 0 unspecified atom stereocenters. The van der Waals surface area contributed by atoms with Gasteiger partial charge in [-0.2, -0.15) is 0 Å². The van der Waals surface area contributed by atoms with Crippen molar-refractivity contribution in [3.05, 3.63) is 29.8 Å². The van der Waals surface area contributed by atoms with Crippen LogP contribution < -0.4 is 10.1 Å². The van der Waals surface area contributed by atoms with E-state index in [9.17, 15) is 9.59 Å². The van der Waals surface area contributed by atoms with Crippen LogP contribution in [0.3, 0.4) is 0 Å². The van der Waals surface area contributed by atoms with Crippen LogP contribution in [-0.4, -0.2) is 48.0 Å². The van der Waals surface area contributed by atoms with Crippen molar-refractivity contribution in [2.45, 2.75) is 26.3 Å². The molecule has 1 aliphatic heterocycles. The van der Waals surface area contributed by atoms with Gasteiger partial charge in [0.15, 0.2) is 0 Å². The van der Waals surface area contributed by atoms with Gasteiger partial charge in [0.05, 0.1) is 19.4 Å². The Balaban J connectivity index is 1.98. The summed E-state index contributed by atoms with van der Waals surface area (Å²) in [5.74, 6) is 2.29. The van der Waals surface area contributed by atoms with E-state index in [-0.39, 0.29) is 24.3 Å². The van der Waals surface area contributed by atoms with E-state index in [1.54, 1.807) is 23.8 Å². The average Bonchev–Trinajstić information content (AvgIpc) is 3.02. The van der Waals surface area contributed by atoms with Crippen molar-refractivity contribution in [1.29, 1.82) is 0 Å². The number of carbonyl (C=O) groups is 2. The van der Waals surface area contributed by atoms with Gasteiger partial charge in [0, 0.05) is 12.3 Å². The summed E-state index contributed by atoms with van der Waals surface area (Å²) in [4.78, 5) is 26.5. The summed E-state index contributed by atoms with van der Waals surface area (Å²) in [6, 6.07) is 7.11. The highest BCUT2D eigenvalue weighted by Gasteiger charge is 2.34. The lowest BCUT2D eigenvalue weighted by atomic mass is 10.1. The van der Waals surface area contributed by atoms with Crippen LogP contribution in [0.4, 0.5) is 0 Å². The molecule has 1 saturated heterocycles. The van der Waals surface area contributed by atoms with Gasteiger partial charge in [-0.15, -0.1) is 11.8 Å². The molecule has 0 aliphatic carbocycles. The fourth-order valence-electron chi connectivity index (χ4n) is 2.39. The number of rotatable bonds is 6. The maximum absolute atomic E-state index is 12.6. The minimum Gasteiger partial charge on any atom is -0.497 e. The molecule has 1 aromatic carbocycles. The monoisotopic (exact) mass is 336 g/mol. The quantitative estimate of drug-likeness (QED) is 0.862. The lowest BCUT2D eigenvalue weighted by Gasteiger charge is -2.23. The van der Waals surface area contributed by atoms with Crippen LogP contribution in [0, 0.1) is 5.92 Å². The molecular weight excluding hydrogens is 312 g/mol. The molecule has 0 spiro atoms. The van der Waals surface area contributed by atoms with Crippen LogP contribution >= 0.6 is 11.8 Å². The van der Waals surface area contributed by atoms with Crippen molar-refractivity contribution >= 4 is 23.6 Å². The molecule has 23 heavy (non-hydrogen) atoms. The van der Waals surface area contributed by atoms with Gasteiger partial charge < -0.3 is 15.0 Å². The molecule has 0 aromatic heterocycles. The summed E-state index contributed by atoms with van der Waals surface area (Å²) >= 11 is 1.62. The number of nitrogens with one attached hydrogen (secondary N) is 1. The lowest BCUT2D eigenvalue weighted by molar-refractivity contribution is -0.137. The van der Waals surface area contributed by atoms with Crippen LogP contribution in [0.5, 0.6) is 5.75 Å². The summed E-state index contributed by atoms with van der Waals surface area (Å²) in [6.45, 7) is 4.74. The Morgan fingerprint density at radius 2 is 2.22 bits per heavy atom. The molecule has 0 radical (unpaired) electrons. The molecule has 1 aliphatic rings. The highest BCUT2D eigenvalue weighted by atomic mass is 32.2. The highest BCUT2D eigenvalue weighted by Crippen LogP contribution is 2.23. The van der Waals surface area contributed by atoms with E-state index in [0.29, 0.717) is 24.1 Å². The largest absolute Gasteiger partial charge is 0.497 e. The molecule has 1 heterocycles. The topological polar surface area (TPSA) is 58.6 Å². The molecule has 126 valence electrons. The van der Waals surface area contributed by atoms with Crippen molar-refractivity contribution in [3.8, 4) is 5.75 Å². The zero-order chi connectivity index (χ0) is 16.8. The molecule has 2 amide bonds. The molecular formula is C17H24N2O3S. The molecule has 5 nitrogen and oxygen atoms in total. The predicted octanol–water partition coefficient (Wildman–Crippen LogP) is 1.91. The van der Waals surface area contributed by atoms with Crippen LogP contribution in [0.1, 0.15) is 19.4 Å².